The van der Waals surface area contributed by atoms with Crippen molar-refractivity contribution in [2.24, 2.45) is 4.99 Å². The minimum absolute atomic E-state index is 0.0274. The van der Waals surface area contributed by atoms with Gasteiger partial charge in [-0.15, -0.1) is 0 Å². The molecule has 3 aromatic rings. The fraction of sp³-hybridized carbons (Fsp3) is 0.250. The van der Waals surface area contributed by atoms with E-state index in [0.717, 1.165) is 53.5 Å². The van der Waals surface area contributed by atoms with Crippen molar-refractivity contribution < 1.29 is 9.47 Å². The Morgan fingerprint density at radius 3 is 2.34 bits per heavy atom. The van der Waals surface area contributed by atoms with Crippen LogP contribution in [0.5, 0.6) is 17.2 Å². The summed E-state index contributed by atoms with van der Waals surface area (Å²) in [5, 5.41) is 6.94. The third kappa shape index (κ3) is 4.40. The van der Waals surface area contributed by atoms with Gasteiger partial charge in [0.1, 0.15) is 23.4 Å². The van der Waals surface area contributed by atoms with Gasteiger partial charge in [0.05, 0.1) is 11.4 Å². The van der Waals surface area contributed by atoms with E-state index in [1.807, 2.05) is 61.6 Å². The van der Waals surface area contributed by atoms with Crippen molar-refractivity contribution in [1.82, 2.24) is 10.2 Å². The summed E-state index contributed by atoms with van der Waals surface area (Å²) < 4.78 is 12.1. The minimum atomic E-state index is 0.0274. The second-order valence-electron chi connectivity index (χ2n) is 6.96. The number of aliphatic imine (C=N–C) groups is 1. The van der Waals surface area contributed by atoms with Crippen molar-refractivity contribution in [2.45, 2.75) is 32.3 Å². The third-order valence-electron chi connectivity index (χ3n) is 5.01. The second-order valence-corrected chi connectivity index (χ2v) is 6.96. The van der Waals surface area contributed by atoms with Crippen molar-refractivity contribution in [1.29, 1.82) is 0 Å². The molecule has 1 unspecified atom stereocenters. The molecule has 29 heavy (non-hydrogen) atoms. The van der Waals surface area contributed by atoms with Crippen LogP contribution in [0.4, 0.5) is 0 Å². The average Bonchev–Trinajstić information content (AvgIpc) is 3.41. The van der Waals surface area contributed by atoms with Crippen molar-refractivity contribution in [3.05, 3.63) is 72.4 Å². The average molecular weight is 387 g/mol. The van der Waals surface area contributed by atoms with Crippen LogP contribution in [0.15, 0.2) is 77.4 Å². The first-order valence-corrected chi connectivity index (χ1v) is 9.97. The van der Waals surface area contributed by atoms with Crippen molar-refractivity contribution in [3.63, 3.8) is 0 Å². The van der Waals surface area contributed by atoms with Crippen LogP contribution in [0.1, 0.15) is 26.2 Å². The summed E-state index contributed by atoms with van der Waals surface area (Å²) in [5.74, 6) is 2.39. The molecule has 1 saturated carbocycles. The van der Waals surface area contributed by atoms with Crippen LogP contribution < -0.4 is 9.47 Å². The quantitative estimate of drug-likeness (QED) is 0.580. The van der Waals surface area contributed by atoms with Crippen LogP contribution in [0, 0.1) is 0 Å². The lowest BCUT2D eigenvalue weighted by molar-refractivity contribution is 0.267. The fourth-order valence-electron chi connectivity index (χ4n) is 3.62. The summed E-state index contributed by atoms with van der Waals surface area (Å²) in [5.41, 5.74) is 4.44. The summed E-state index contributed by atoms with van der Waals surface area (Å²) in [7, 11) is 1.84. The topological polar surface area (TPSA) is 59.5 Å². The van der Waals surface area contributed by atoms with Crippen LogP contribution in [-0.4, -0.2) is 29.1 Å². The predicted molar refractivity (Wildman–Crippen MR) is 116 cm³/mol. The number of rotatable bonds is 6. The van der Waals surface area contributed by atoms with E-state index in [-0.39, 0.29) is 6.10 Å². The zero-order valence-corrected chi connectivity index (χ0v) is 16.8. The number of aromatic nitrogens is 2. The van der Waals surface area contributed by atoms with Gasteiger partial charge in [0.2, 0.25) is 0 Å². The van der Waals surface area contributed by atoms with E-state index in [2.05, 4.69) is 28.2 Å². The lowest BCUT2D eigenvalue weighted by Crippen LogP contribution is -2.22. The number of hydrogen-bond donors (Lipinski definition) is 1. The molecule has 5 heteroatoms. The SMILES string of the molecule is CC/C=C1/CCC(Oc2ccc(Oc3ccc(-c4ccn[nH]4)cc3)cc2)C1=NC. The first kappa shape index (κ1) is 19.0. The summed E-state index contributed by atoms with van der Waals surface area (Å²) >= 11 is 0. The number of nitrogens with zero attached hydrogens (tertiary/aromatic N) is 2. The molecule has 0 aliphatic heterocycles. The van der Waals surface area contributed by atoms with Gasteiger partial charge in [-0.3, -0.25) is 10.1 Å². The van der Waals surface area contributed by atoms with E-state index in [4.69, 9.17) is 9.47 Å². The minimum Gasteiger partial charge on any atom is -0.484 e. The number of ether oxygens (including phenoxy) is 2. The van der Waals surface area contributed by atoms with Gasteiger partial charge in [0, 0.05) is 13.2 Å². The monoisotopic (exact) mass is 387 g/mol. The Morgan fingerprint density at radius 2 is 1.72 bits per heavy atom. The van der Waals surface area contributed by atoms with Gasteiger partial charge in [-0.05, 0) is 85.0 Å². The second kappa shape index (κ2) is 8.78. The molecule has 0 radical (unpaired) electrons. The van der Waals surface area contributed by atoms with Gasteiger partial charge in [-0.25, -0.2) is 0 Å². The smallest absolute Gasteiger partial charge is 0.141 e. The molecule has 1 heterocycles. The molecule has 1 atom stereocenters. The molecule has 1 aliphatic rings. The first-order valence-electron chi connectivity index (χ1n) is 9.97. The molecule has 0 spiro atoms. The number of H-pyrrole nitrogens is 1. The lowest BCUT2D eigenvalue weighted by atomic mass is 10.1. The van der Waals surface area contributed by atoms with E-state index in [0.29, 0.717) is 0 Å². The molecule has 148 valence electrons. The Bertz CT molecular complexity index is 988. The molecule has 1 aromatic heterocycles. The molecule has 0 saturated heterocycles. The highest BCUT2D eigenvalue weighted by Gasteiger charge is 2.28. The van der Waals surface area contributed by atoms with Crippen LogP contribution in [0.25, 0.3) is 11.3 Å². The van der Waals surface area contributed by atoms with E-state index in [1.165, 1.54) is 5.57 Å². The largest absolute Gasteiger partial charge is 0.484 e. The van der Waals surface area contributed by atoms with Gasteiger partial charge < -0.3 is 9.47 Å². The van der Waals surface area contributed by atoms with Crippen molar-refractivity contribution in [3.8, 4) is 28.5 Å². The Morgan fingerprint density at radius 1 is 1.03 bits per heavy atom. The van der Waals surface area contributed by atoms with Crippen LogP contribution in [0.3, 0.4) is 0 Å². The van der Waals surface area contributed by atoms with Crippen molar-refractivity contribution in [2.75, 3.05) is 7.05 Å². The Balaban J connectivity index is 1.39. The lowest BCUT2D eigenvalue weighted by Gasteiger charge is -2.15. The Kier molecular flexibility index (Phi) is 5.75. The number of nitrogens with one attached hydrogen (secondary N) is 1. The van der Waals surface area contributed by atoms with Gasteiger partial charge in [0.15, 0.2) is 0 Å². The highest BCUT2D eigenvalue weighted by molar-refractivity contribution is 6.05. The highest BCUT2D eigenvalue weighted by atomic mass is 16.5. The number of benzene rings is 2. The molecule has 2 aromatic carbocycles. The maximum Gasteiger partial charge on any atom is 0.141 e. The molecule has 1 fully saturated rings. The van der Waals surface area contributed by atoms with Crippen LogP contribution in [-0.2, 0) is 0 Å². The standard InChI is InChI=1S/C24H25N3O2/c1-3-4-18-7-14-23(24(18)25-2)29-21-12-10-20(11-13-21)28-19-8-5-17(6-9-19)22-15-16-26-27-22/h4-6,8-13,15-16,23H,3,7,14H2,1-2H3,(H,26,27)/b18-4-,25-24?. The van der Waals surface area contributed by atoms with Gasteiger partial charge in [-0.1, -0.05) is 13.0 Å². The summed E-state index contributed by atoms with van der Waals surface area (Å²) in [6.07, 6.45) is 7.04. The highest BCUT2D eigenvalue weighted by Crippen LogP contribution is 2.30. The third-order valence-corrected chi connectivity index (χ3v) is 5.01. The summed E-state index contributed by atoms with van der Waals surface area (Å²) in [6.45, 7) is 2.15. The summed E-state index contributed by atoms with van der Waals surface area (Å²) in [4.78, 5) is 4.46. The molecule has 1 N–H and O–H groups in total. The van der Waals surface area contributed by atoms with E-state index < -0.39 is 0 Å². The summed E-state index contributed by atoms with van der Waals surface area (Å²) in [6, 6.07) is 17.6. The maximum atomic E-state index is 6.18. The molecule has 5 nitrogen and oxygen atoms in total. The van der Waals surface area contributed by atoms with E-state index in [9.17, 15) is 0 Å². The van der Waals surface area contributed by atoms with E-state index >= 15 is 0 Å². The molecular weight excluding hydrogens is 362 g/mol. The Hall–Kier alpha value is -3.34. The number of allylic oxidation sites excluding steroid dienone is 1. The predicted octanol–water partition coefficient (Wildman–Crippen LogP) is 5.82. The number of hydrogen-bond acceptors (Lipinski definition) is 4. The zero-order chi connectivity index (χ0) is 20.1. The van der Waals surface area contributed by atoms with Gasteiger partial charge >= 0.3 is 0 Å². The molecular formula is C24H25N3O2. The van der Waals surface area contributed by atoms with Crippen LogP contribution in [0.2, 0.25) is 0 Å². The maximum absolute atomic E-state index is 6.18. The number of aromatic amines is 1. The zero-order valence-electron chi connectivity index (χ0n) is 16.8. The normalized spacial score (nSPS) is 19.0. The molecule has 1 aliphatic carbocycles. The van der Waals surface area contributed by atoms with E-state index in [1.54, 1.807) is 6.20 Å². The molecule has 0 bridgehead atoms. The Labute approximate surface area is 171 Å². The van der Waals surface area contributed by atoms with Crippen LogP contribution >= 0.6 is 0 Å². The first-order chi connectivity index (χ1) is 14.3. The molecule has 0 amide bonds. The molecule has 4 rings (SSSR count). The van der Waals surface area contributed by atoms with Gasteiger partial charge in [-0.2, -0.15) is 5.10 Å². The van der Waals surface area contributed by atoms with Gasteiger partial charge in [0.25, 0.3) is 0 Å². The fourth-order valence-corrected chi connectivity index (χ4v) is 3.62. The van der Waals surface area contributed by atoms with Crippen molar-refractivity contribution >= 4 is 5.71 Å².